The van der Waals surface area contributed by atoms with Crippen molar-refractivity contribution in [2.45, 2.75) is 46.1 Å². The van der Waals surface area contributed by atoms with Crippen LogP contribution in [0.5, 0.6) is 0 Å². The first kappa shape index (κ1) is 15.0. The van der Waals surface area contributed by atoms with E-state index >= 15 is 0 Å². The van der Waals surface area contributed by atoms with Crippen molar-refractivity contribution in [3.63, 3.8) is 0 Å². The van der Waals surface area contributed by atoms with Crippen molar-refractivity contribution in [3.8, 4) is 0 Å². The predicted octanol–water partition coefficient (Wildman–Crippen LogP) is 3.53. The van der Waals surface area contributed by atoms with Gasteiger partial charge in [0, 0.05) is 18.0 Å². The van der Waals surface area contributed by atoms with Crippen LogP contribution in [0.15, 0.2) is 24.3 Å². The lowest BCUT2D eigenvalue weighted by atomic mass is 9.97. The number of nitrogens with zero attached hydrogens (tertiary/aromatic N) is 2. The molecule has 0 aliphatic heterocycles. The van der Waals surface area contributed by atoms with E-state index in [4.69, 9.17) is 5.10 Å². The van der Waals surface area contributed by atoms with Gasteiger partial charge in [-0.15, -0.1) is 0 Å². The summed E-state index contributed by atoms with van der Waals surface area (Å²) in [5.74, 6) is 0.632. The first-order valence-electron chi connectivity index (χ1n) is 7.56. The molecule has 1 aromatic heterocycles. The largest absolute Gasteiger partial charge is 0.312 e. The highest BCUT2D eigenvalue weighted by Crippen LogP contribution is 2.21. The topological polar surface area (TPSA) is 29.9 Å². The maximum absolute atomic E-state index is 4.71. The molecule has 0 spiro atoms. The van der Waals surface area contributed by atoms with Gasteiger partial charge in [0.1, 0.15) is 0 Å². The number of para-hydroxylation sites is 1. The predicted molar refractivity (Wildman–Crippen MR) is 86.0 cm³/mol. The molecule has 20 heavy (non-hydrogen) atoms. The molecular weight excluding hydrogens is 246 g/mol. The number of fused-ring (bicyclic) bond motifs is 1. The molecule has 0 radical (unpaired) electrons. The molecule has 3 nitrogen and oxygen atoms in total. The van der Waals surface area contributed by atoms with Gasteiger partial charge in [-0.25, -0.2) is 0 Å². The van der Waals surface area contributed by atoms with Gasteiger partial charge in [0.2, 0.25) is 0 Å². The van der Waals surface area contributed by atoms with E-state index < -0.39 is 0 Å². The fourth-order valence-electron chi connectivity index (χ4n) is 2.52. The molecule has 2 rings (SSSR count). The summed E-state index contributed by atoms with van der Waals surface area (Å²) < 4.78 is 1.99. The van der Waals surface area contributed by atoms with E-state index in [9.17, 15) is 0 Å². The van der Waals surface area contributed by atoms with Gasteiger partial charge >= 0.3 is 0 Å². The lowest BCUT2D eigenvalue weighted by Crippen LogP contribution is -2.39. The van der Waals surface area contributed by atoms with Crippen LogP contribution in [-0.2, 0) is 13.5 Å². The lowest BCUT2D eigenvalue weighted by molar-refractivity contribution is 0.361. The monoisotopic (exact) mass is 273 g/mol. The van der Waals surface area contributed by atoms with E-state index in [0.29, 0.717) is 5.92 Å². The Balaban J connectivity index is 2.13. The van der Waals surface area contributed by atoms with E-state index in [1.165, 1.54) is 23.0 Å². The molecule has 0 bridgehead atoms. The third kappa shape index (κ3) is 3.60. The molecule has 0 saturated carbocycles. The van der Waals surface area contributed by atoms with E-state index in [0.717, 1.165) is 13.0 Å². The van der Waals surface area contributed by atoms with Crippen molar-refractivity contribution in [2.75, 3.05) is 6.54 Å². The maximum Gasteiger partial charge on any atom is 0.0706 e. The summed E-state index contributed by atoms with van der Waals surface area (Å²) in [6.07, 6.45) is 2.22. The number of nitrogens with one attached hydrogen (secondary N) is 1. The van der Waals surface area contributed by atoms with Crippen molar-refractivity contribution in [3.05, 3.63) is 30.0 Å². The maximum atomic E-state index is 4.71. The summed E-state index contributed by atoms with van der Waals surface area (Å²) in [5.41, 5.74) is 2.63. The molecular formula is C17H27N3. The summed E-state index contributed by atoms with van der Waals surface area (Å²) in [6.45, 7) is 9.96. The molecule has 0 aliphatic rings. The molecule has 2 aromatic rings. The zero-order chi connectivity index (χ0) is 14.8. The normalized spacial score (nSPS) is 13.8. The van der Waals surface area contributed by atoms with Crippen LogP contribution in [0.1, 0.15) is 39.8 Å². The Kier molecular flexibility index (Phi) is 4.48. The number of rotatable bonds is 5. The summed E-state index contributed by atoms with van der Waals surface area (Å²) >= 11 is 0. The first-order valence-corrected chi connectivity index (χ1v) is 7.56. The van der Waals surface area contributed by atoms with Crippen molar-refractivity contribution >= 4 is 10.9 Å². The van der Waals surface area contributed by atoms with Gasteiger partial charge < -0.3 is 5.32 Å². The molecule has 1 unspecified atom stereocenters. The SMILES string of the molecule is CCC(CNC(C)(C)C)Cc1nn(C)c2ccccc12. The van der Waals surface area contributed by atoms with Crippen molar-refractivity contribution in [2.24, 2.45) is 13.0 Å². The Morgan fingerprint density at radius 2 is 1.95 bits per heavy atom. The molecule has 3 heteroatoms. The zero-order valence-electron chi connectivity index (χ0n) is 13.4. The van der Waals surface area contributed by atoms with Crippen LogP contribution in [0.25, 0.3) is 10.9 Å². The minimum Gasteiger partial charge on any atom is -0.312 e. The van der Waals surface area contributed by atoms with Crippen molar-refractivity contribution in [1.29, 1.82) is 0 Å². The van der Waals surface area contributed by atoms with Crippen LogP contribution >= 0.6 is 0 Å². The molecule has 0 fully saturated rings. The standard InChI is InChI=1S/C17H27N3/c1-6-13(12-18-17(2,3)4)11-15-14-9-7-8-10-16(14)20(5)19-15/h7-10,13,18H,6,11-12H2,1-5H3. The van der Waals surface area contributed by atoms with Crippen LogP contribution in [0, 0.1) is 5.92 Å². The van der Waals surface area contributed by atoms with Crippen LogP contribution in [0.3, 0.4) is 0 Å². The Bertz CT molecular complexity index is 563. The average molecular weight is 273 g/mol. The Hall–Kier alpha value is -1.35. The molecule has 1 N–H and O–H groups in total. The second-order valence-corrected chi connectivity index (χ2v) is 6.70. The summed E-state index contributed by atoms with van der Waals surface area (Å²) in [7, 11) is 2.03. The smallest absolute Gasteiger partial charge is 0.0706 e. The Labute approximate surface area is 122 Å². The quantitative estimate of drug-likeness (QED) is 0.903. The van der Waals surface area contributed by atoms with Gasteiger partial charge in [-0.1, -0.05) is 31.5 Å². The highest BCUT2D eigenvalue weighted by molar-refractivity contribution is 5.81. The molecule has 1 heterocycles. The van der Waals surface area contributed by atoms with Crippen LogP contribution in [0.2, 0.25) is 0 Å². The van der Waals surface area contributed by atoms with Gasteiger partial charge in [-0.3, -0.25) is 4.68 Å². The first-order chi connectivity index (χ1) is 9.40. The minimum atomic E-state index is 0.180. The van der Waals surface area contributed by atoms with Gasteiger partial charge in [0.05, 0.1) is 11.2 Å². The van der Waals surface area contributed by atoms with Crippen LogP contribution in [-0.4, -0.2) is 21.9 Å². The minimum absolute atomic E-state index is 0.180. The molecule has 110 valence electrons. The van der Waals surface area contributed by atoms with E-state index in [-0.39, 0.29) is 5.54 Å². The van der Waals surface area contributed by atoms with Crippen LogP contribution < -0.4 is 5.32 Å². The molecule has 1 aromatic carbocycles. The van der Waals surface area contributed by atoms with Gasteiger partial charge in [-0.05, 0) is 45.7 Å². The summed E-state index contributed by atoms with van der Waals surface area (Å²) in [6, 6.07) is 8.50. The zero-order valence-corrected chi connectivity index (χ0v) is 13.4. The fraction of sp³-hybridized carbons (Fsp3) is 0.588. The number of hydrogen-bond acceptors (Lipinski definition) is 2. The van der Waals surface area contributed by atoms with Gasteiger partial charge in [0.25, 0.3) is 0 Å². The second-order valence-electron chi connectivity index (χ2n) is 6.70. The molecule has 1 atom stereocenters. The van der Waals surface area contributed by atoms with Gasteiger partial charge in [0.15, 0.2) is 0 Å². The number of aryl methyl sites for hydroxylation is 1. The van der Waals surface area contributed by atoms with E-state index in [1.807, 2.05) is 11.7 Å². The average Bonchev–Trinajstić information content (AvgIpc) is 2.71. The van der Waals surface area contributed by atoms with E-state index in [1.54, 1.807) is 0 Å². The highest BCUT2D eigenvalue weighted by Gasteiger charge is 2.16. The Morgan fingerprint density at radius 1 is 1.25 bits per heavy atom. The summed E-state index contributed by atoms with van der Waals surface area (Å²) in [4.78, 5) is 0. The van der Waals surface area contributed by atoms with Crippen molar-refractivity contribution < 1.29 is 0 Å². The highest BCUT2D eigenvalue weighted by atomic mass is 15.3. The fourth-order valence-corrected chi connectivity index (χ4v) is 2.52. The van der Waals surface area contributed by atoms with E-state index in [2.05, 4.69) is 57.3 Å². The third-order valence-corrected chi connectivity index (χ3v) is 3.81. The van der Waals surface area contributed by atoms with Crippen LogP contribution in [0.4, 0.5) is 0 Å². The van der Waals surface area contributed by atoms with Crippen molar-refractivity contribution in [1.82, 2.24) is 15.1 Å². The third-order valence-electron chi connectivity index (χ3n) is 3.81. The number of aromatic nitrogens is 2. The molecule has 0 amide bonds. The number of hydrogen-bond donors (Lipinski definition) is 1. The second kappa shape index (κ2) is 5.96. The Morgan fingerprint density at radius 3 is 2.60 bits per heavy atom. The summed E-state index contributed by atoms with van der Waals surface area (Å²) in [5, 5.41) is 9.62. The number of benzene rings is 1. The lowest BCUT2D eigenvalue weighted by Gasteiger charge is -2.24. The van der Waals surface area contributed by atoms with Gasteiger partial charge in [-0.2, -0.15) is 5.10 Å². The molecule has 0 aliphatic carbocycles. The molecule has 0 saturated heterocycles.